The van der Waals surface area contributed by atoms with E-state index in [0.29, 0.717) is 25.4 Å². The molecule has 1 aromatic carbocycles. The van der Waals surface area contributed by atoms with E-state index in [1.807, 2.05) is 6.92 Å². The summed E-state index contributed by atoms with van der Waals surface area (Å²) in [6, 6.07) is 6.43. The first kappa shape index (κ1) is 18.2. The minimum Gasteiger partial charge on any atom is -0.494 e. The maximum absolute atomic E-state index is 11.9. The van der Waals surface area contributed by atoms with E-state index in [4.69, 9.17) is 4.74 Å². The zero-order chi connectivity index (χ0) is 13.4. The average Bonchev–Trinajstić information content (AvgIpc) is 2.37. The number of hydrogen-bond acceptors (Lipinski definition) is 4. The Morgan fingerprint density at radius 1 is 1.16 bits per heavy atom. The fourth-order valence-electron chi connectivity index (χ4n) is 1.33. The predicted octanol–water partition coefficient (Wildman–Crippen LogP) is 1.39. The van der Waals surface area contributed by atoms with Crippen LogP contribution in [0.4, 0.5) is 0 Å². The Balaban J connectivity index is 0.00000324. The smallest absolute Gasteiger partial charge is 0.240 e. The monoisotopic (exact) mass is 308 g/mol. The molecule has 0 unspecified atom stereocenters. The van der Waals surface area contributed by atoms with Crippen molar-refractivity contribution in [3.05, 3.63) is 24.3 Å². The number of benzene rings is 1. The molecule has 19 heavy (non-hydrogen) atoms. The lowest BCUT2D eigenvalue weighted by Gasteiger charge is -2.08. The molecule has 5 nitrogen and oxygen atoms in total. The summed E-state index contributed by atoms with van der Waals surface area (Å²) in [5.74, 6) is 0.686. The normalized spacial score (nSPS) is 10.8. The van der Waals surface area contributed by atoms with Gasteiger partial charge in [-0.25, -0.2) is 13.1 Å². The maximum atomic E-state index is 11.9. The average molecular weight is 309 g/mol. The summed E-state index contributed by atoms with van der Waals surface area (Å²) in [5, 5.41) is 2.88. The molecular weight excluding hydrogens is 288 g/mol. The number of nitrogens with one attached hydrogen (secondary N) is 2. The molecule has 0 amide bonds. The van der Waals surface area contributed by atoms with E-state index in [1.165, 1.54) is 0 Å². The lowest BCUT2D eigenvalue weighted by molar-refractivity contribution is 0.317. The van der Waals surface area contributed by atoms with Gasteiger partial charge in [0.2, 0.25) is 10.0 Å². The molecule has 0 radical (unpaired) electrons. The van der Waals surface area contributed by atoms with Crippen molar-refractivity contribution in [1.29, 1.82) is 0 Å². The summed E-state index contributed by atoms with van der Waals surface area (Å²) in [6.45, 7) is 3.61. The Labute approximate surface area is 121 Å². The molecule has 0 saturated carbocycles. The van der Waals surface area contributed by atoms with Crippen LogP contribution in [-0.2, 0) is 10.0 Å². The summed E-state index contributed by atoms with van der Waals surface area (Å²) in [6.07, 6.45) is 0.922. The number of rotatable bonds is 8. The fourth-order valence-corrected chi connectivity index (χ4v) is 2.36. The van der Waals surface area contributed by atoms with Crippen LogP contribution in [0.25, 0.3) is 0 Å². The van der Waals surface area contributed by atoms with Crippen LogP contribution < -0.4 is 14.8 Å². The van der Waals surface area contributed by atoms with Gasteiger partial charge in [0.15, 0.2) is 0 Å². The van der Waals surface area contributed by atoms with Gasteiger partial charge < -0.3 is 10.1 Å². The molecule has 0 bridgehead atoms. The molecule has 0 spiro atoms. The first-order chi connectivity index (χ1) is 8.60. The van der Waals surface area contributed by atoms with Gasteiger partial charge in [0.25, 0.3) is 0 Å². The molecule has 2 N–H and O–H groups in total. The SMILES string of the molecule is CCCOc1ccc(S(=O)(=O)NCCNC)cc1.Cl. The standard InChI is InChI=1S/C12H20N2O3S.ClH/c1-3-10-17-11-4-6-12(7-5-11)18(15,16)14-9-8-13-2;/h4-7,13-14H,3,8-10H2,1-2H3;1H. The molecule has 1 rings (SSSR count). The number of sulfonamides is 1. The maximum Gasteiger partial charge on any atom is 0.240 e. The minimum atomic E-state index is -3.42. The van der Waals surface area contributed by atoms with E-state index in [9.17, 15) is 8.42 Å². The van der Waals surface area contributed by atoms with Crippen molar-refractivity contribution in [2.75, 3.05) is 26.7 Å². The molecule has 1 aromatic rings. The van der Waals surface area contributed by atoms with Gasteiger partial charge in [0.05, 0.1) is 11.5 Å². The van der Waals surface area contributed by atoms with Crippen molar-refractivity contribution in [2.24, 2.45) is 0 Å². The van der Waals surface area contributed by atoms with Crippen LogP contribution in [0.1, 0.15) is 13.3 Å². The minimum absolute atomic E-state index is 0. The number of ether oxygens (including phenoxy) is 1. The second kappa shape index (κ2) is 9.14. The Morgan fingerprint density at radius 3 is 2.32 bits per heavy atom. The Hall–Kier alpha value is -0.820. The van der Waals surface area contributed by atoms with Crippen LogP contribution in [0.2, 0.25) is 0 Å². The topological polar surface area (TPSA) is 67.4 Å². The van der Waals surface area contributed by atoms with E-state index in [0.717, 1.165) is 6.42 Å². The summed E-state index contributed by atoms with van der Waals surface area (Å²) in [5.41, 5.74) is 0. The zero-order valence-corrected chi connectivity index (χ0v) is 12.8. The van der Waals surface area contributed by atoms with E-state index in [2.05, 4.69) is 10.0 Å². The quantitative estimate of drug-likeness (QED) is 0.712. The molecule has 0 aliphatic rings. The van der Waals surface area contributed by atoms with Crippen LogP contribution in [-0.4, -0.2) is 35.2 Å². The molecule has 0 fully saturated rings. The number of halogens is 1. The van der Waals surface area contributed by atoms with Gasteiger partial charge in [-0.15, -0.1) is 12.4 Å². The van der Waals surface area contributed by atoms with Gasteiger partial charge in [-0.05, 0) is 37.7 Å². The highest BCUT2D eigenvalue weighted by molar-refractivity contribution is 7.89. The van der Waals surface area contributed by atoms with E-state index in [1.54, 1.807) is 31.3 Å². The molecular formula is C12H21ClN2O3S. The summed E-state index contributed by atoms with van der Waals surface area (Å²) >= 11 is 0. The Morgan fingerprint density at radius 2 is 1.79 bits per heavy atom. The van der Waals surface area contributed by atoms with Crippen molar-refractivity contribution < 1.29 is 13.2 Å². The highest BCUT2D eigenvalue weighted by atomic mass is 35.5. The van der Waals surface area contributed by atoms with Crippen LogP contribution in [0.3, 0.4) is 0 Å². The van der Waals surface area contributed by atoms with Gasteiger partial charge in [0.1, 0.15) is 5.75 Å². The molecule has 7 heteroatoms. The number of hydrogen-bond donors (Lipinski definition) is 2. The molecule has 0 saturated heterocycles. The van der Waals surface area contributed by atoms with Crippen molar-refractivity contribution in [3.8, 4) is 5.75 Å². The Bertz CT molecular complexity index is 449. The molecule has 0 aliphatic heterocycles. The Kier molecular flexibility index (Phi) is 8.75. The molecule has 0 aromatic heterocycles. The van der Waals surface area contributed by atoms with Crippen molar-refractivity contribution in [2.45, 2.75) is 18.2 Å². The van der Waals surface area contributed by atoms with Gasteiger partial charge >= 0.3 is 0 Å². The van der Waals surface area contributed by atoms with Crippen molar-refractivity contribution in [3.63, 3.8) is 0 Å². The summed E-state index contributed by atoms with van der Waals surface area (Å²) in [7, 11) is -1.64. The predicted molar refractivity (Wildman–Crippen MR) is 78.6 cm³/mol. The molecule has 0 aliphatic carbocycles. The molecule has 0 atom stereocenters. The van der Waals surface area contributed by atoms with E-state index < -0.39 is 10.0 Å². The number of likely N-dealkylation sites (N-methyl/N-ethyl adjacent to an activating group) is 1. The van der Waals surface area contributed by atoms with E-state index in [-0.39, 0.29) is 17.3 Å². The summed E-state index contributed by atoms with van der Waals surface area (Å²) in [4.78, 5) is 0.252. The molecule has 110 valence electrons. The molecule has 0 heterocycles. The third-order valence-electron chi connectivity index (χ3n) is 2.27. The third-order valence-corrected chi connectivity index (χ3v) is 3.75. The van der Waals surface area contributed by atoms with Gasteiger partial charge in [-0.2, -0.15) is 0 Å². The zero-order valence-electron chi connectivity index (χ0n) is 11.2. The van der Waals surface area contributed by atoms with Crippen LogP contribution >= 0.6 is 12.4 Å². The highest BCUT2D eigenvalue weighted by Crippen LogP contribution is 2.15. The first-order valence-corrected chi connectivity index (χ1v) is 7.45. The first-order valence-electron chi connectivity index (χ1n) is 5.97. The third kappa shape index (κ3) is 6.24. The van der Waals surface area contributed by atoms with E-state index >= 15 is 0 Å². The second-order valence-electron chi connectivity index (χ2n) is 3.82. The van der Waals surface area contributed by atoms with Crippen molar-refractivity contribution in [1.82, 2.24) is 10.0 Å². The van der Waals surface area contributed by atoms with Crippen molar-refractivity contribution >= 4 is 22.4 Å². The lowest BCUT2D eigenvalue weighted by Crippen LogP contribution is -2.30. The highest BCUT2D eigenvalue weighted by Gasteiger charge is 2.12. The lowest BCUT2D eigenvalue weighted by atomic mass is 10.3. The largest absolute Gasteiger partial charge is 0.494 e. The van der Waals surface area contributed by atoms with Gasteiger partial charge in [-0.1, -0.05) is 6.92 Å². The second-order valence-corrected chi connectivity index (χ2v) is 5.59. The van der Waals surface area contributed by atoms with Crippen LogP contribution in [0.5, 0.6) is 5.75 Å². The van der Waals surface area contributed by atoms with Crippen LogP contribution in [0, 0.1) is 0 Å². The van der Waals surface area contributed by atoms with Crippen LogP contribution in [0.15, 0.2) is 29.2 Å². The van der Waals surface area contributed by atoms with Gasteiger partial charge in [-0.3, -0.25) is 0 Å². The summed E-state index contributed by atoms with van der Waals surface area (Å²) < 4.78 is 31.6. The van der Waals surface area contributed by atoms with Gasteiger partial charge in [0, 0.05) is 13.1 Å². The fraction of sp³-hybridized carbons (Fsp3) is 0.500.